The lowest BCUT2D eigenvalue weighted by Crippen LogP contribution is -2.42. The minimum Gasteiger partial charge on any atom is -0.320 e. The van der Waals surface area contributed by atoms with E-state index in [0.29, 0.717) is 26.1 Å². The molecule has 0 bridgehead atoms. The second-order valence-corrected chi connectivity index (χ2v) is 14.4. The maximum atomic E-state index is 12.5. The van der Waals surface area contributed by atoms with Gasteiger partial charge in [-0.3, -0.25) is 0 Å². The maximum absolute atomic E-state index is 12.5. The van der Waals surface area contributed by atoms with E-state index in [1.807, 2.05) is 0 Å². The third-order valence-corrected chi connectivity index (χ3v) is 5.15. The number of amides is 2. The molecule has 0 N–H and O–H groups in total. The van der Waals surface area contributed by atoms with Crippen LogP contribution >= 0.6 is 95.6 Å². The van der Waals surface area contributed by atoms with Crippen molar-refractivity contribution in [2.75, 3.05) is 19.6 Å². The predicted octanol–water partition coefficient (Wildman–Crippen LogP) is 6.06. The molecule has 0 aliphatic heterocycles. The number of hydrogen-bond acceptors (Lipinski definition) is 1. The first-order valence-corrected chi connectivity index (χ1v) is 11.6. The van der Waals surface area contributed by atoms with Gasteiger partial charge >= 0.3 is 6.03 Å². The molecular formula is C11H15Br6N3O. The Balaban J connectivity index is 4.67. The van der Waals surface area contributed by atoms with Crippen molar-refractivity contribution in [1.29, 1.82) is 0 Å². The Hall–Kier alpha value is 1.64. The average molecular weight is 685 g/mol. The van der Waals surface area contributed by atoms with Crippen molar-refractivity contribution in [3.8, 4) is 0 Å². The summed E-state index contributed by atoms with van der Waals surface area (Å²) in [5.41, 5.74) is 0. The quantitative estimate of drug-likeness (QED) is 0.165. The van der Waals surface area contributed by atoms with Crippen LogP contribution in [0.2, 0.25) is 0 Å². The van der Waals surface area contributed by atoms with E-state index in [4.69, 9.17) is 6.57 Å². The minimum absolute atomic E-state index is 0.0967. The van der Waals surface area contributed by atoms with Gasteiger partial charge in [0.15, 0.2) is 0 Å². The Morgan fingerprint density at radius 1 is 0.857 bits per heavy atom. The fourth-order valence-corrected chi connectivity index (χ4v) is 2.61. The fraction of sp³-hybridized carbons (Fsp3) is 0.818. The van der Waals surface area contributed by atoms with E-state index in [1.54, 1.807) is 4.90 Å². The summed E-state index contributed by atoms with van der Waals surface area (Å²) < 4.78 is 0.402. The topological polar surface area (TPSA) is 27.9 Å². The molecule has 0 aliphatic carbocycles. The molecule has 0 aromatic heterocycles. The van der Waals surface area contributed by atoms with Crippen LogP contribution in [0.25, 0.3) is 4.95 Å². The third kappa shape index (κ3) is 11.8. The highest BCUT2D eigenvalue weighted by Crippen LogP contribution is 2.18. The molecule has 0 fully saturated rings. The molecule has 0 rings (SSSR count). The van der Waals surface area contributed by atoms with Gasteiger partial charge in [-0.15, -0.1) is 0 Å². The molecule has 10 heteroatoms. The van der Waals surface area contributed by atoms with Crippen LogP contribution in [0.3, 0.4) is 0 Å². The highest BCUT2D eigenvalue weighted by Gasteiger charge is 2.26. The van der Waals surface area contributed by atoms with Crippen molar-refractivity contribution < 1.29 is 4.79 Å². The molecule has 21 heavy (non-hydrogen) atoms. The van der Waals surface area contributed by atoms with E-state index in [1.165, 1.54) is 5.01 Å². The van der Waals surface area contributed by atoms with E-state index >= 15 is 0 Å². The summed E-state index contributed by atoms with van der Waals surface area (Å²) in [6, 6.07) is -0.244. The Labute approximate surface area is 176 Å². The lowest BCUT2D eigenvalue weighted by atomic mass is 10.3. The Kier molecular flexibility index (Phi) is 14.0. The Morgan fingerprint density at radius 3 is 1.57 bits per heavy atom. The second-order valence-electron chi connectivity index (χ2n) is 4.03. The zero-order valence-corrected chi connectivity index (χ0v) is 20.5. The van der Waals surface area contributed by atoms with Crippen molar-refractivity contribution in [3.05, 3.63) is 11.5 Å². The number of alkyl halides is 6. The van der Waals surface area contributed by atoms with E-state index in [-0.39, 0.29) is 17.2 Å². The van der Waals surface area contributed by atoms with Crippen molar-refractivity contribution in [3.63, 3.8) is 0 Å². The minimum atomic E-state index is -0.244. The van der Waals surface area contributed by atoms with Crippen molar-refractivity contribution in [2.45, 2.75) is 30.5 Å². The summed E-state index contributed by atoms with van der Waals surface area (Å²) in [4.78, 5) is 17.5. The molecule has 0 heterocycles. The summed E-state index contributed by atoms with van der Waals surface area (Å²) in [6.07, 6.45) is 2.21. The van der Waals surface area contributed by atoms with Crippen LogP contribution < -0.4 is 0 Å². The highest BCUT2D eigenvalue weighted by molar-refractivity contribution is 9.25. The standard InChI is InChI=1S/C11H15Br6N3O/c1-18-20(7-4-10(16)17)11(21)19(5-2-8(12)13)6-3-9(14)15/h8-10H,2-7H2. The lowest BCUT2D eigenvalue weighted by molar-refractivity contribution is 0.168. The normalized spacial score (nSPS) is 11.0. The SMILES string of the molecule is [C-]#[N+]N(CCC(Br)Br)C(=O)N(CCC(Br)Br)CCC(Br)Br. The van der Waals surface area contributed by atoms with E-state index in [9.17, 15) is 4.79 Å². The van der Waals surface area contributed by atoms with Gasteiger partial charge in [0.1, 0.15) is 0 Å². The molecule has 0 aromatic rings. The summed E-state index contributed by atoms with van der Waals surface area (Å²) in [5, 5.41) is 1.18. The van der Waals surface area contributed by atoms with Gasteiger partial charge in [-0.05, 0) is 24.3 Å². The molecule has 4 nitrogen and oxygen atoms in total. The van der Waals surface area contributed by atoms with Gasteiger partial charge in [-0.25, -0.2) is 4.79 Å². The summed E-state index contributed by atoms with van der Waals surface area (Å²) >= 11 is 20.3. The molecule has 2 amide bonds. The van der Waals surface area contributed by atoms with E-state index < -0.39 is 0 Å². The molecule has 0 atom stereocenters. The molecule has 0 spiro atoms. The average Bonchev–Trinajstić information content (AvgIpc) is 2.38. The molecular weight excluding hydrogens is 670 g/mol. The summed E-state index contributed by atoms with van der Waals surface area (Å²) in [5.74, 6) is 0. The third-order valence-electron chi connectivity index (χ3n) is 2.41. The maximum Gasteiger partial charge on any atom is 0.385 e. The number of halogens is 6. The second kappa shape index (κ2) is 13.0. The first-order chi connectivity index (χ1) is 9.77. The monoisotopic (exact) mass is 679 g/mol. The lowest BCUT2D eigenvalue weighted by Gasteiger charge is -2.24. The first kappa shape index (κ1) is 22.6. The van der Waals surface area contributed by atoms with Crippen LogP contribution in [-0.2, 0) is 0 Å². The zero-order chi connectivity index (χ0) is 16.4. The zero-order valence-electron chi connectivity index (χ0n) is 11.0. The van der Waals surface area contributed by atoms with Gasteiger partial charge in [-0.2, -0.15) is 11.5 Å². The number of nitrogens with zero attached hydrogens (tertiary/aromatic N) is 3. The summed E-state index contributed by atoms with van der Waals surface area (Å²) in [6.45, 7) is 8.76. The van der Waals surface area contributed by atoms with Gasteiger partial charge in [0, 0.05) is 13.1 Å². The number of carbonyl (C=O) groups is 1. The smallest absolute Gasteiger partial charge is 0.320 e. The fourth-order valence-electron chi connectivity index (χ4n) is 1.38. The van der Waals surface area contributed by atoms with Crippen LogP contribution in [-0.4, -0.2) is 46.8 Å². The van der Waals surface area contributed by atoms with Gasteiger partial charge in [0.2, 0.25) is 0 Å². The molecule has 0 radical (unpaired) electrons. The van der Waals surface area contributed by atoms with E-state index in [0.717, 1.165) is 12.8 Å². The van der Waals surface area contributed by atoms with Crippen LogP contribution in [0.1, 0.15) is 19.3 Å². The Morgan fingerprint density at radius 2 is 1.24 bits per heavy atom. The van der Waals surface area contributed by atoms with Crippen LogP contribution in [0.4, 0.5) is 4.79 Å². The molecule has 0 saturated heterocycles. The van der Waals surface area contributed by atoms with Gasteiger partial charge in [0.05, 0.1) is 17.8 Å². The van der Waals surface area contributed by atoms with E-state index in [2.05, 4.69) is 101 Å². The van der Waals surface area contributed by atoms with Gasteiger partial charge in [-0.1, -0.05) is 95.6 Å². The number of hydrogen-bond donors (Lipinski definition) is 0. The Bertz CT molecular complexity index is 335. The van der Waals surface area contributed by atoms with Gasteiger partial charge in [0.25, 0.3) is 0 Å². The van der Waals surface area contributed by atoms with Crippen molar-refractivity contribution in [1.82, 2.24) is 9.91 Å². The van der Waals surface area contributed by atoms with Crippen LogP contribution in [0.15, 0.2) is 0 Å². The number of rotatable bonds is 9. The predicted molar refractivity (Wildman–Crippen MR) is 109 cm³/mol. The number of carbonyl (C=O) groups excluding carboxylic acids is 1. The van der Waals surface area contributed by atoms with Crippen molar-refractivity contribution in [2.24, 2.45) is 0 Å². The van der Waals surface area contributed by atoms with Crippen LogP contribution in [0.5, 0.6) is 0 Å². The molecule has 0 saturated carbocycles. The highest BCUT2D eigenvalue weighted by atomic mass is 79.9. The molecule has 0 aromatic carbocycles. The summed E-state index contributed by atoms with van der Waals surface area (Å²) in [7, 11) is 0. The van der Waals surface area contributed by atoms with Crippen LogP contribution in [0, 0.1) is 6.57 Å². The first-order valence-electron chi connectivity index (χ1n) is 6.06. The molecule has 0 aliphatic rings. The van der Waals surface area contributed by atoms with Crippen molar-refractivity contribution >= 4 is 102 Å². The largest absolute Gasteiger partial charge is 0.385 e. The molecule has 122 valence electrons. The number of urea groups is 1. The molecule has 0 unspecified atom stereocenters. The van der Waals surface area contributed by atoms with Gasteiger partial charge < -0.3 is 4.90 Å².